The molecule has 0 aromatic heterocycles. The zero-order chi connectivity index (χ0) is 11.1. The van der Waals surface area contributed by atoms with Gasteiger partial charge in [-0.05, 0) is 19.8 Å². The summed E-state index contributed by atoms with van der Waals surface area (Å²) in [5, 5.41) is 0.819. The molecule has 0 aromatic rings. The van der Waals surface area contributed by atoms with Crippen LogP contribution in [-0.4, -0.2) is 22.9 Å². The first-order valence-electron chi connectivity index (χ1n) is 6.00. The fraction of sp³-hybridized carbons (Fsp3) is 1.00. The van der Waals surface area contributed by atoms with Crippen molar-refractivity contribution in [3.05, 3.63) is 0 Å². The zero-order valence-corrected chi connectivity index (χ0v) is 11.9. The highest BCUT2D eigenvalue weighted by Crippen LogP contribution is 2.25. The van der Waals surface area contributed by atoms with Crippen molar-refractivity contribution < 1.29 is 4.74 Å². The Kier molecular flexibility index (Phi) is 6.56. The standard InChI is InChI=1S/C12H22BrClO/c1-12(9-13,10-14)15-11-7-5-3-2-4-6-8-11/h11H,2-10H2,1H3. The molecule has 15 heavy (non-hydrogen) atoms. The molecular formula is C12H22BrClO. The minimum absolute atomic E-state index is 0.189. The molecule has 1 unspecified atom stereocenters. The van der Waals surface area contributed by atoms with Crippen LogP contribution in [0.4, 0.5) is 0 Å². The Bertz CT molecular complexity index is 163. The van der Waals surface area contributed by atoms with Gasteiger partial charge in [-0.3, -0.25) is 0 Å². The van der Waals surface area contributed by atoms with Gasteiger partial charge in [0.05, 0.1) is 17.6 Å². The molecular weight excluding hydrogens is 275 g/mol. The minimum atomic E-state index is -0.189. The normalized spacial score (nSPS) is 24.2. The van der Waals surface area contributed by atoms with E-state index < -0.39 is 0 Å². The molecule has 1 aliphatic rings. The Morgan fingerprint density at radius 2 is 1.73 bits per heavy atom. The first-order valence-corrected chi connectivity index (χ1v) is 7.65. The molecule has 90 valence electrons. The van der Waals surface area contributed by atoms with Gasteiger partial charge in [0.25, 0.3) is 0 Å². The quantitative estimate of drug-likeness (QED) is 0.694. The molecule has 0 spiro atoms. The Balaban J connectivity index is 2.39. The SMILES string of the molecule is CC(CCl)(CBr)OC1CCCCCCC1. The van der Waals surface area contributed by atoms with Gasteiger partial charge in [0.2, 0.25) is 0 Å². The number of rotatable bonds is 4. The molecule has 1 atom stereocenters. The van der Waals surface area contributed by atoms with E-state index in [1.807, 2.05) is 0 Å². The second-order valence-electron chi connectivity index (χ2n) is 4.80. The van der Waals surface area contributed by atoms with Crippen molar-refractivity contribution in [2.45, 2.75) is 63.6 Å². The van der Waals surface area contributed by atoms with E-state index in [9.17, 15) is 0 Å². The van der Waals surface area contributed by atoms with Gasteiger partial charge in [-0.1, -0.05) is 48.0 Å². The Hall–Kier alpha value is 0.730. The summed E-state index contributed by atoms with van der Waals surface area (Å²) in [5.41, 5.74) is -0.189. The molecule has 0 heterocycles. The van der Waals surface area contributed by atoms with Gasteiger partial charge in [0.15, 0.2) is 0 Å². The van der Waals surface area contributed by atoms with Crippen molar-refractivity contribution in [3.8, 4) is 0 Å². The average molecular weight is 298 g/mol. The lowest BCUT2D eigenvalue weighted by Crippen LogP contribution is -2.37. The maximum Gasteiger partial charge on any atom is 0.0889 e. The number of alkyl halides is 2. The van der Waals surface area contributed by atoms with Crippen molar-refractivity contribution in [3.63, 3.8) is 0 Å². The van der Waals surface area contributed by atoms with Crippen LogP contribution in [-0.2, 0) is 4.74 Å². The summed E-state index contributed by atoms with van der Waals surface area (Å²) < 4.78 is 6.13. The van der Waals surface area contributed by atoms with Gasteiger partial charge in [-0.2, -0.15) is 0 Å². The summed E-state index contributed by atoms with van der Waals surface area (Å²) in [6.45, 7) is 2.09. The number of hydrogen-bond acceptors (Lipinski definition) is 1. The maximum absolute atomic E-state index is 6.13. The minimum Gasteiger partial charge on any atom is -0.370 e. The first-order chi connectivity index (χ1) is 7.20. The summed E-state index contributed by atoms with van der Waals surface area (Å²) in [6, 6.07) is 0. The first kappa shape index (κ1) is 13.8. The molecule has 1 saturated carbocycles. The van der Waals surface area contributed by atoms with Gasteiger partial charge in [0.1, 0.15) is 0 Å². The summed E-state index contributed by atoms with van der Waals surface area (Å²) in [7, 11) is 0. The molecule has 1 nitrogen and oxygen atoms in total. The molecule has 1 fully saturated rings. The van der Waals surface area contributed by atoms with Crippen LogP contribution in [0, 0.1) is 0 Å². The summed E-state index contributed by atoms with van der Waals surface area (Å²) >= 11 is 9.43. The van der Waals surface area contributed by atoms with Crippen molar-refractivity contribution in [1.29, 1.82) is 0 Å². The second-order valence-corrected chi connectivity index (χ2v) is 5.63. The molecule has 0 amide bonds. The second kappa shape index (κ2) is 7.13. The van der Waals surface area contributed by atoms with E-state index in [4.69, 9.17) is 16.3 Å². The highest BCUT2D eigenvalue weighted by atomic mass is 79.9. The zero-order valence-electron chi connectivity index (χ0n) is 9.61. The van der Waals surface area contributed by atoms with Crippen LogP contribution in [0.5, 0.6) is 0 Å². The summed E-state index contributed by atoms with van der Waals surface area (Å²) in [4.78, 5) is 0. The molecule has 0 N–H and O–H groups in total. The van der Waals surface area contributed by atoms with Gasteiger partial charge in [0, 0.05) is 5.33 Å². The lowest BCUT2D eigenvalue weighted by Gasteiger charge is -2.32. The Morgan fingerprint density at radius 1 is 1.20 bits per heavy atom. The fourth-order valence-electron chi connectivity index (χ4n) is 2.04. The molecule has 1 aliphatic carbocycles. The maximum atomic E-state index is 6.13. The topological polar surface area (TPSA) is 9.23 Å². The van der Waals surface area contributed by atoms with Crippen LogP contribution >= 0.6 is 27.5 Å². The van der Waals surface area contributed by atoms with Gasteiger partial charge in [-0.15, -0.1) is 11.6 Å². The Labute approximate surface area is 107 Å². The predicted molar refractivity (Wildman–Crippen MR) is 70.1 cm³/mol. The van der Waals surface area contributed by atoms with Crippen LogP contribution in [0.15, 0.2) is 0 Å². The van der Waals surface area contributed by atoms with Crippen molar-refractivity contribution in [2.75, 3.05) is 11.2 Å². The van der Waals surface area contributed by atoms with Gasteiger partial charge >= 0.3 is 0 Å². The third kappa shape index (κ3) is 5.06. The van der Waals surface area contributed by atoms with Crippen LogP contribution in [0.25, 0.3) is 0 Å². The van der Waals surface area contributed by atoms with E-state index >= 15 is 0 Å². The molecule has 0 saturated heterocycles. The summed E-state index contributed by atoms with van der Waals surface area (Å²) in [5.74, 6) is 0.564. The third-order valence-electron chi connectivity index (χ3n) is 3.07. The molecule has 0 radical (unpaired) electrons. The fourth-order valence-corrected chi connectivity index (χ4v) is 2.75. The predicted octanol–water partition coefficient (Wildman–Crippen LogP) is 4.51. The highest BCUT2D eigenvalue weighted by molar-refractivity contribution is 9.09. The lowest BCUT2D eigenvalue weighted by molar-refractivity contribution is -0.0632. The molecule has 0 bridgehead atoms. The van der Waals surface area contributed by atoms with E-state index in [2.05, 4.69) is 22.9 Å². The number of ether oxygens (including phenoxy) is 1. The van der Waals surface area contributed by atoms with E-state index in [0.29, 0.717) is 12.0 Å². The molecule has 0 aliphatic heterocycles. The molecule has 3 heteroatoms. The van der Waals surface area contributed by atoms with E-state index in [1.165, 1.54) is 44.9 Å². The monoisotopic (exact) mass is 296 g/mol. The van der Waals surface area contributed by atoms with E-state index in [1.54, 1.807) is 0 Å². The molecule has 0 aromatic carbocycles. The smallest absolute Gasteiger partial charge is 0.0889 e. The van der Waals surface area contributed by atoms with Crippen LogP contribution in [0.1, 0.15) is 51.9 Å². The Morgan fingerprint density at radius 3 is 2.20 bits per heavy atom. The average Bonchev–Trinajstić information content (AvgIpc) is 2.22. The van der Waals surface area contributed by atoms with Gasteiger partial charge in [-0.25, -0.2) is 0 Å². The van der Waals surface area contributed by atoms with Crippen molar-refractivity contribution in [1.82, 2.24) is 0 Å². The number of hydrogen-bond donors (Lipinski definition) is 0. The summed E-state index contributed by atoms with van der Waals surface area (Å²) in [6.07, 6.45) is 9.59. The third-order valence-corrected chi connectivity index (χ3v) is 4.82. The van der Waals surface area contributed by atoms with E-state index in [0.717, 1.165) is 5.33 Å². The van der Waals surface area contributed by atoms with Crippen LogP contribution in [0.3, 0.4) is 0 Å². The van der Waals surface area contributed by atoms with E-state index in [-0.39, 0.29) is 5.60 Å². The molecule has 1 rings (SSSR count). The number of halogens is 2. The highest BCUT2D eigenvalue weighted by Gasteiger charge is 2.27. The van der Waals surface area contributed by atoms with Crippen molar-refractivity contribution >= 4 is 27.5 Å². The lowest BCUT2D eigenvalue weighted by atomic mass is 9.98. The van der Waals surface area contributed by atoms with Gasteiger partial charge < -0.3 is 4.74 Å². The van der Waals surface area contributed by atoms with Crippen LogP contribution < -0.4 is 0 Å². The largest absolute Gasteiger partial charge is 0.370 e. The van der Waals surface area contributed by atoms with Crippen molar-refractivity contribution in [2.24, 2.45) is 0 Å². The van der Waals surface area contributed by atoms with Crippen LogP contribution in [0.2, 0.25) is 0 Å².